The molecule has 52 heavy (non-hydrogen) atoms. The highest BCUT2D eigenvalue weighted by molar-refractivity contribution is 8.76. The molecular weight excluding hydrogens is 725 g/mol. The van der Waals surface area contributed by atoms with Crippen LogP contribution in [0.5, 0.6) is 0 Å². The number of aliphatic hydroxyl groups is 1. The molecule has 296 valence electrons. The van der Waals surface area contributed by atoms with Crippen LogP contribution in [0.15, 0.2) is 4.99 Å². The number of carboxylic acids is 1. The fraction of sp³-hybridized carbons (Fsp3) is 0.724. The first-order valence-corrected chi connectivity index (χ1v) is 19.3. The Morgan fingerprint density at radius 3 is 1.67 bits per heavy atom. The van der Waals surface area contributed by atoms with Gasteiger partial charge in [-0.15, -0.1) is 0 Å². The van der Waals surface area contributed by atoms with E-state index in [0.29, 0.717) is 32.2 Å². The summed E-state index contributed by atoms with van der Waals surface area (Å²) in [7, 11) is 2.04. The van der Waals surface area contributed by atoms with Gasteiger partial charge < -0.3 is 70.8 Å². The number of hydrogen-bond donors (Lipinski definition) is 13. The average Bonchev–Trinajstić information content (AvgIpc) is 3.10. The minimum atomic E-state index is -1.59. The van der Waals surface area contributed by atoms with Crippen molar-refractivity contribution in [2.75, 3.05) is 44.3 Å². The van der Waals surface area contributed by atoms with E-state index in [2.05, 4.69) is 36.9 Å². The van der Waals surface area contributed by atoms with E-state index in [1.807, 2.05) is 0 Å². The van der Waals surface area contributed by atoms with Crippen molar-refractivity contribution in [3.8, 4) is 0 Å². The fourth-order valence-corrected chi connectivity index (χ4v) is 6.89. The van der Waals surface area contributed by atoms with Gasteiger partial charge in [0.25, 0.3) is 0 Å². The first-order chi connectivity index (χ1) is 24.7. The van der Waals surface area contributed by atoms with Gasteiger partial charge >= 0.3 is 5.97 Å². The Hall–Kier alpha value is -3.90. The maximum atomic E-state index is 13.7. The lowest BCUT2D eigenvalue weighted by atomic mass is 10.0. The molecule has 0 aromatic rings. The van der Waals surface area contributed by atoms with Crippen molar-refractivity contribution in [1.82, 2.24) is 31.9 Å². The maximum absolute atomic E-state index is 13.7. The lowest BCUT2D eigenvalue weighted by molar-refractivity contribution is -0.142. The van der Waals surface area contributed by atoms with Gasteiger partial charge in [-0.3, -0.25) is 33.8 Å². The largest absolute Gasteiger partial charge is 0.480 e. The highest BCUT2D eigenvalue weighted by Crippen LogP contribution is 2.22. The molecule has 21 nitrogen and oxygen atoms in total. The van der Waals surface area contributed by atoms with Crippen LogP contribution in [-0.4, -0.2) is 138 Å². The number of rotatable bonds is 14. The Kier molecular flexibility index (Phi) is 23.0. The van der Waals surface area contributed by atoms with Gasteiger partial charge in [0.2, 0.25) is 35.4 Å². The maximum Gasteiger partial charge on any atom is 0.327 e. The summed E-state index contributed by atoms with van der Waals surface area (Å²) in [6, 6.07) is -7.81. The van der Waals surface area contributed by atoms with E-state index in [9.17, 15) is 43.8 Å². The molecule has 1 saturated heterocycles. The first kappa shape index (κ1) is 46.1. The topological polar surface area (TPSA) is 375 Å². The molecule has 6 atom stereocenters. The third-order valence-electron chi connectivity index (χ3n) is 7.51. The number of nitrogens with two attached hydrogens (primary N) is 5. The summed E-state index contributed by atoms with van der Waals surface area (Å²) in [6.07, 6.45) is 2.23. The van der Waals surface area contributed by atoms with Gasteiger partial charge in [0.15, 0.2) is 5.96 Å². The van der Waals surface area contributed by atoms with Gasteiger partial charge in [0.05, 0.1) is 19.2 Å². The van der Waals surface area contributed by atoms with Crippen LogP contribution in [0, 0.1) is 0 Å². The van der Waals surface area contributed by atoms with Crippen molar-refractivity contribution in [3.63, 3.8) is 0 Å². The summed E-state index contributed by atoms with van der Waals surface area (Å²) in [6.45, 7) is -0.715. The zero-order valence-electron chi connectivity index (χ0n) is 29.0. The zero-order chi connectivity index (χ0) is 39.1. The Labute approximate surface area is 309 Å². The van der Waals surface area contributed by atoms with Crippen molar-refractivity contribution in [2.45, 2.75) is 87.6 Å². The minimum Gasteiger partial charge on any atom is -0.480 e. The molecule has 1 rings (SSSR count). The second kappa shape index (κ2) is 26.0. The monoisotopic (exact) mass is 778 g/mol. The number of carbonyl (C=O) groups is 7. The molecular formula is C29H54N12O9S2. The molecule has 0 aromatic heterocycles. The Morgan fingerprint density at radius 1 is 0.692 bits per heavy atom. The van der Waals surface area contributed by atoms with Crippen molar-refractivity contribution in [1.29, 1.82) is 0 Å². The average molecular weight is 779 g/mol. The molecule has 1 aliphatic rings. The molecule has 18 N–H and O–H groups in total. The summed E-state index contributed by atoms with van der Waals surface area (Å²) < 4.78 is 0. The highest BCUT2D eigenvalue weighted by Gasteiger charge is 2.32. The number of aliphatic hydroxyl groups excluding tert-OH is 1. The lowest BCUT2D eigenvalue weighted by Crippen LogP contribution is -2.59. The lowest BCUT2D eigenvalue weighted by Gasteiger charge is -2.26. The number of nitrogens with one attached hydrogen (secondary N) is 6. The number of unbranched alkanes of at least 4 members (excludes halogenated alkanes) is 2. The highest BCUT2D eigenvalue weighted by atomic mass is 33.1. The molecule has 1 heterocycles. The SMILES string of the molecule is NCCCC[C@@H]1NC(=O)[C@H](CCCN=C(N)N)NC(=O)[C@@H](CCCCN)NC(=O)CNC(=O)[C@@H](N)CSSC[C@@H](C(=O)O)NC(=O)[C@H](CO)NC1=O. The molecule has 0 bridgehead atoms. The number of aliphatic carboxylic acids is 1. The smallest absolute Gasteiger partial charge is 0.327 e. The number of nitrogens with zero attached hydrogens (tertiary/aromatic N) is 1. The minimum absolute atomic E-state index is 0.00280. The molecule has 6 amide bonds. The van der Waals surface area contributed by atoms with E-state index in [0.717, 1.165) is 21.6 Å². The molecule has 1 aliphatic heterocycles. The second-order valence-electron chi connectivity index (χ2n) is 11.8. The van der Waals surface area contributed by atoms with E-state index in [-0.39, 0.29) is 56.2 Å². The first-order valence-electron chi connectivity index (χ1n) is 16.8. The summed E-state index contributed by atoms with van der Waals surface area (Å²) in [5.74, 6) is -6.53. The molecule has 0 aliphatic carbocycles. The molecule has 0 radical (unpaired) electrons. The van der Waals surface area contributed by atoms with Crippen molar-refractivity contribution < 1.29 is 43.8 Å². The number of guanidine groups is 1. The van der Waals surface area contributed by atoms with Crippen molar-refractivity contribution in [3.05, 3.63) is 0 Å². The Balaban J connectivity index is 3.49. The predicted octanol–water partition coefficient (Wildman–Crippen LogP) is -5.36. The van der Waals surface area contributed by atoms with Gasteiger partial charge in [-0.2, -0.15) is 0 Å². The molecule has 0 unspecified atom stereocenters. The Bertz CT molecular complexity index is 1230. The van der Waals surface area contributed by atoms with E-state index >= 15 is 0 Å². The number of amides is 6. The van der Waals surface area contributed by atoms with Crippen molar-refractivity contribution in [2.24, 2.45) is 33.7 Å². The van der Waals surface area contributed by atoms with Crippen LogP contribution in [0.4, 0.5) is 0 Å². The third kappa shape index (κ3) is 18.5. The molecule has 0 aromatic carbocycles. The second-order valence-corrected chi connectivity index (χ2v) is 14.3. The van der Waals surface area contributed by atoms with E-state index in [1.165, 1.54) is 0 Å². The molecule has 0 spiro atoms. The van der Waals surface area contributed by atoms with E-state index < -0.39 is 90.8 Å². The summed E-state index contributed by atoms with van der Waals surface area (Å²) in [4.78, 5) is 94.9. The van der Waals surface area contributed by atoms with Crippen LogP contribution in [0.25, 0.3) is 0 Å². The molecule has 23 heteroatoms. The van der Waals surface area contributed by atoms with E-state index in [1.54, 1.807) is 0 Å². The predicted molar refractivity (Wildman–Crippen MR) is 196 cm³/mol. The fourth-order valence-electron chi connectivity index (χ4n) is 4.61. The van der Waals surface area contributed by atoms with Crippen LogP contribution < -0.4 is 60.6 Å². The summed E-state index contributed by atoms with van der Waals surface area (Å²) in [5.41, 5.74) is 28.0. The summed E-state index contributed by atoms with van der Waals surface area (Å²) >= 11 is 0. The quantitative estimate of drug-likeness (QED) is 0.0339. The third-order valence-corrected chi connectivity index (χ3v) is 9.96. The number of carbonyl (C=O) groups excluding carboxylic acids is 6. The van der Waals surface area contributed by atoms with E-state index in [4.69, 9.17) is 28.7 Å². The van der Waals surface area contributed by atoms with Gasteiger partial charge in [0.1, 0.15) is 30.2 Å². The van der Waals surface area contributed by atoms with Gasteiger partial charge in [-0.1, -0.05) is 21.6 Å². The number of carboxylic acid groups (broad SMARTS) is 1. The zero-order valence-corrected chi connectivity index (χ0v) is 30.6. The number of hydrogen-bond acceptors (Lipinski definition) is 14. The Morgan fingerprint density at radius 2 is 1.17 bits per heavy atom. The van der Waals surface area contributed by atoms with Gasteiger partial charge in [0, 0.05) is 18.1 Å². The number of aliphatic imine (C=N–C) groups is 1. The molecule has 1 fully saturated rings. The van der Waals surface area contributed by atoms with Crippen molar-refractivity contribution >= 4 is 69.0 Å². The van der Waals surface area contributed by atoms with Crippen LogP contribution in [0.1, 0.15) is 51.4 Å². The van der Waals surface area contributed by atoms with Crippen LogP contribution in [0.3, 0.4) is 0 Å². The molecule has 0 saturated carbocycles. The summed E-state index contributed by atoms with van der Waals surface area (Å²) in [5, 5.41) is 34.4. The van der Waals surface area contributed by atoms with Gasteiger partial charge in [-0.25, -0.2) is 4.79 Å². The normalized spacial score (nSPS) is 25.0. The standard InChI is InChI=1S/C29H54N12O9S2/c30-9-3-1-6-17-24(45)39-19(8-5-11-35-29(33)34)25(46)38-18(7-2-4-10-31)26(47)40-20(13-42)27(48)41-21(28(49)50)15-52-51-14-16(32)23(44)36-12-22(43)37-17/h16-21,42H,1-15,30-32H2,(H,36,44)(H,37,43)(H,38,46)(H,39,45)(H,40,47)(H,41,48)(H,49,50)(H4,33,34,35)/t16-,17+,18-,19-,20-,21-/m0/s1. The van der Waals surface area contributed by atoms with Crippen LogP contribution in [0.2, 0.25) is 0 Å². The van der Waals surface area contributed by atoms with Crippen LogP contribution >= 0.6 is 21.6 Å². The van der Waals surface area contributed by atoms with Crippen LogP contribution in [-0.2, 0) is 33.6 Å². The van der Waals surface area contributed by atoms with Gasteiger partial charge in [-0.05, 0) is 64.5 Å².